The van der Waals surface area contributed by atoms with Crippen LogP contribution in [-0.4, -0.2) is 19.1 Å². The van der Waals surface area contributed by atoms with Crippen LogP contribution in [0.5, 0.6) is 0 Å². The molecule has 0 saturated heterocycles. The van der Waals surface area contributed by atoms with Crippen LogP contribution < -0.4 is 5.32 Å². The summed E-state index contributed by atoms with van der Waals surface area (Å²) in [5.41, 5.74) is -1.18. The van der Waals surface area contributed by atoms with Gasteiger partial charge in [-0.25, -0.2) is 22.0 Å². The van der Waals surface area contributed by atoms with Gasteiger partial charge >= 0.3 is 5.97 Å². The van der Waals surface area contributed by atoms with Crippen molar-refractivity contribution in [2.75, 3.05) is 12.4 Å². The molecule has 0 radical (unpaired) electrons. The van der Waals surface area contributed by atoms with Gasteiger partial charge in [0.25, 0.3) is 0 Å². The predicted molar refractivity (Wildman–Crippen MR) is 60.5 cm³/mol. The minimum atomic E-state index is -2.24. The summed E-state index contributed by atoms with van der Waals surface area (Å²) in [6, 6.07) is -0.907. The Kier molecular flexibility index (Phi) is 4.91. The topological polar surface area (TPSA) is 38.3 Å². The Morgan fingerprint density at radius 2 is 1.35 bits per heavy atom. The first-order valence-corrected chi connectivity index (χ1v) is 5.58. The van der Waals surface area contributed by atoms with Crippen LogP contribution in [0.25, 0.3) is 0 Å². The maximum atomic E-state index is 13.4. The van der Waals surface area contributed by atoms with Crippen molar-refractivity contribution in [1.29, 1.82) is 0 Å². The molecule has 2 unspecified atom stereocenters. The zero-order valence-corrected chi connectivity index (χ0v) is 10.9. The third-order valence-corrected chi connectivity index (χ3v) is 2.90. The standard InChI is InChI=1S/C12H12F5NO2/c1-4(12(19)20-3)5(2)18-11-9(16)7(14)6(13)8(15)10(11)17/h4-5,18H,1-3H3. The van der Waals surface area contributed by atoms with Gasteiger partial charge in [-0.1, -0.05) is 0 Å². The summed E-state index contributed by atoms with van der Waals surface area (Å²) >= 11 is 0. The van der Waals surface area contributed by atoms with Crippen molar-refractivity contribution >= 4 is 11.7 Å². The van der Waals surface area contributed by atoms with Crippen LogP contribution >= 0.6 is 0 Å². The molecule has 0 aromatic heterocycles. The molecule has 1 aromatic rings. The Balaban J connectivity index is 3.13. The number of hydrogen-bond donors (Lipinski definition) is 1. The van der Waals surface area contributed by atoms with Crippen LogP contribution in [-0.2, 0) is 9.53 Å². The van der Waals surface area contributed by atoms with E-state index >= 15 is 0 Å². The van der Waals surface area contributed by atoms with Crippen LogP contribution in [0.15, 0.2) is 0 Å². The van der Waals surface area contributed by atoms with Crippen molar-refractivity contribution < 1.29 is 31.5 Å². The van der Waals surface area contributed by atoms with Gasteiger partial charge in [-0.2, -0.15) is 0 Å². The summed E-state index contributed by atoms with van der Waals surface area (Å²) in [6.07, 6.45) is 0. The molecule has 1 N–H and O–H groups in total. The Labute approximate surface area is 111 Å². The fourth-order valence-electron chi connectivity index (χ4n) is 1.47. The van der Waals surface area contributed by atoms with Gasteiger partial charge in [0.2, 0.25) is 5.82 Å². The van der Waals surface area contributed by atoms with E-state index in [2.05, 4.69) is 10.1 Å². The van der Waals surface area contributed by atoms with Crippen LogP contribution in [0.3, 0.4) is 0 Å². The first kappa shape index (κ1) is 16.2. The van der Waals surface area contributed by atoms with Crippen molar-refractivity contribution in [2.24, 2.45) is 5.92 Å². The van der Waals surface area contributed by atoms with E-state index in [0.29, 0.717) is 0 Å². The number of carbonyl (C=O) groups excluding carboxylic acids is 1. The molecule has 2 atom stereocenters. The second kappa shape index (κ2) is 6.06. The first-order chi connectivity index (χ1) is 9.22. The summed E-state index contributed by atoms with van der Waals surface area (Å²) in [5.74, 6) is -11.8. The number of methoxy groups -OCH3 is 1. The molecule has 0 bridgehead atoms. The minimum absolute atomic E-state index is 0.686. The smallest absolute Gasteiger partial charge is 0.310 e. The Hall–Kier alpha value is -1.86. The van der Waals surface area contributed by atoms with Crippen molar-refractivity contribution in [2.45, 2.75) is 19.9 Å². The van der Waals surface area contributed by atoms with E-state index in [4.69, 9.17) is 0 Å². The molecule has 0 heterocycles. The molecular weight excluding hydrogens is 285 g/mol. The van der Waals surface area contributed by atoms with Crippen molar-refractivity contribution in [3.8, 4) is 0 Å². The molecule has 0 amide bonds. The largest absolute Gasteiger partial charge is 0.469 e. The molecular formula is C12H12F5NO2. The number of hydrogen-bond acceptors (Lipinski definition) is 3. The Morgan fingerprint density at radius 1 is 0.950 bits per heavy atom. The lowest BCUT2D eigenvalue weighted by Gasteiger charge is -2.21. The molecule has 1 rings (SSSR count). The average Bonchev–Trinajstić information content (AvgIpc) is 2.45. The normalized spacial score (nSPS) is 13.8. The fraction of sp³-hybridized carbons (Fsp3) is 0.417. The number of rotatable bonds is 4. The molecule has 0 spiro atoms. The molecule has 112 valence electrons. The number of nitrogens with one attached hydrogen (secondary N) is 1. The molecule has 1 aromatic carbocycles. The molecule has 0 aliphatic heterocycles. The monoisotopic (exact) mass is 297 g/mol. The van der Waals surface area contributed by atoms with Crippen LogP contribution in [0.4, 0.5) is 27.6 Å². The predicted octanol–water partition coefficient (Wildman–Crippen LogP) is 2.99. The Morgan fingerprint density at radius 3 is 1.75 bits per heavy atom. The zero-order chi connectivity index (χ0) is 15.6. The number of carbonyl (C=O) groups is 1. The van der Waals surface area contributed by atoms with E-state index in [9.17, 15) is 26.7 Å². The second-order valence-corrected chi connectivity index (χ2v) is 4.19. The van der Waals surface area contributed by atoms with Crippen molar-refractivity contribution in [1.82, 2.24) is 0 Å². The third kappa shape index (κ3) is 2.83. The molecule has 0 aliphatic rings. The van der Waals surface area contributed by atoms with E-state index in [0.717, 1.165) is 7.11 Å². The highest BCUT2D eigenvalue weighted by molar-refractivity contribution is 5.73. The number of ether oxygens (including phenoxy) is 1. The summed E-state index contributed by atoms with van der Waals surface area (Å²) in [4.78, 5) is 11.2. The highest BCUT2D eigenvalue weighted by Gasteiger charge is 2.29. The van der Waals surface area contributed by atoms with Gasteiger partial charge in [-0.05, 0) is 13.8 Å². The van der Waals surface area contributed by atoms with Gasteiger partial charge in [0.05, 0.1) is 13.0 Å². The average molecular weight is 297 g/mol. The summed E-state index contributed by atoms with van der Waals surface area (Å²) < 4.78 is 70.1. The first-order valence-electron chi connectivity index (χ1n) is 5.58. The van der Waals surface area contributed by atoms with E-state index < -0.39 is 52.7 Å². The van der Waals surface area contributed by atoms with Crippen molar-refractivity contribution in [3.63, 3.8) is 0 Å². The number of benzene rings is 1. The SMILES string of the molecule is COC(=O)C(C)C(C)Nc1c(F)c(F)c(F)c(F)c1F. The van der Waals surface area contributed by atoms with Gasteiger partial charge in [0.15, 0.2) is 23.3 Å². The summed E-state index contributed by atoms with van der Waals surface area (Å²) in [5, 5.41) is 2.10. The molecule has 20 heavy (non-hydrogen) atoms. The van der Waals surface area contributed by atoms with E-state index in [1.807, 2.05) is 0 Å². The molecule has 0 aliphatic carbocycles. The van der Waals surface area contributed by atoms with Crippen molar-refractivity contribution in [3.05, 3.63) is 29.1 Å². The third-order valence-electron chi connectivity index (χ3n) is 2.90. The maximum absolute atomic E-state index is 13.4. The van der Waals surface area contributed by atoms with Gasteiger partial charge in [0, 0.05) is 6.04 Å². The Bertz CT molecular complexity index is 506. The summed E-state index contributed by atoms with van der Waals surface area (Å²) in [6.45, 7) is 2.73. The van der Waals surface area contributed by atoms with E-state index in [1.54, 1.807) is 0 Å². The maximum Gasteiger partial charge on any atom is 0.310 e. The van der Waals surface area contributed by atoms with Gasteiger partial charge in [-0.15, -0.1) is 0 Å². The van der Waals surface area contributed by atoms with Gasteiger partial charge < -0.3 is 10.1 Å². The van der Waals surface area contributed by atoms with Crippen LogP contribution in [0, 0.1) is 35.0 Å². The van der Waals surface area contributed by atoms with Crippen LogP contribution in [0.1, 0.15) is 13.8 Å². The number of anilines is 1. The van der Waals surface area contributed by atoms with E-state index in [-0.39, 0.29) is 0 Å². The number of halogens is 5. The molecule has 8 heteroatoms. The molecule has 3 nitrogen and oxygen atoms in total. The van der Waals surface area contributed by atoms with E-state index in [1.165, 1.54) is 13.8 Å². The lowest BCUT2D eigenvalue weighted by Crippen LogP contribution is -2.31. The van der Waals surface area contributed by atoms with Gasteiger partial charge in [0.1, 0.15) is 5.69 Å². The molecule has 0 fully saturated rings. The highest BCUT2D eigenvalue weighted by atomic mass is 19.2. The quantitative estimate of drug-likeness (QED) is 0.402. The van der Waals surface area contributed by atoms with Crippen LogP contribution in [0.2, 0.25) is 0 Å². The highest BCUT2D eigenvalue weighted by Crippen LogP contribution is 2.28. The van der Waals surface area contributed by atoms with Gasteiger partial charge in [-0.3, -0.25) is 4.79 Å². The fourth-order valence-corrected chi connectivity index (χ4v) is 1.47. The zero-order valence-electron chi connectivity index (χ0n) is 10.9. The lowest BCUT2D eigenvalue weighted by molar-refractivity contribution is -0.145. The second-order valence-electron chi connectivity index (χ2n) is 4.19. The summed E-state index contributed by atoms with van der Waals surface area (Å²) in [7, 11) is 1.12. The minimum Gasteiger partial charge on any atom is -0.469 e. The lowest BCUT2D eigenvalue weighted by atomic mass is 10.0. The number of esters is 1. The molecule has 0 saturated carbocycles.